The number of rotatable bonds is 6. The van der Waals surface area contributed by atoms with Crippen molar-refractivity contribution in [2.45, 2.75) is 12.5 Å². The second kappa shape index (κ2) is 6.87. The minimum absolute atomic E-state index is 0.315. The van der Waals surface area contributed by atoms with Gasteiger partial charge < -0.3 is 16.0 Å². The monoisotopic (exact) mass is 365 g/mol. The zero-order valence-electron chi connectivity index (χ0n) is 14.1. The number of amides is 1. The molecule has 0 aliphatic heterocycles. The lowest BCUT2D eigenvalue weighted by Gasteiger charge is -2.17. The van der Waals surface area contributed by atoms with Gasteiger partial charge in [0.2, 0.25) is 5.91 Å². The van der Waals surface area contributed by atoms with Crippen LogP contribution < -0.4 is 11.1 Å². The van der Waals surface area contributed by atoms with E-state index in [0.717, 1.165) is 5.69 Å². The molecule has 1 atom stereocenters. The zero-order valence-corrected chi connectivity index (χ0v) is 14.1. The normalized spacial score (nSPS) is 12.2. The maximum Gasteiger partial charge on any atom is 0.240 e. The van der Waals surface area contributed by atoms with Crippen LogP contribution in [-0.2, 0) is 11.2 Å². The molecule has 4 rings (SSSR count). The number of aromatic nitrogens is 5. The van der Waals surface area contributed by atoms with E-state index in [4.69, 9.17) is 5.73 Å². The Morgan fingerprint density at radius 2 is 2.19 bits per heavy atom. The summed E-state index contributed by atoms with van der Waals surface area (Å²) < 4.78 is 15.7. The van der Waals surface area contributed by atoms with E-state index < -0.39 is 11.9 Å². The Morgan fingerprint density at radius 3 is 2.93 bits per heavy atom. The summed E-state index contributed by atoms with van der Waals surface area (Å²) >= 11 is 0. The second-order valence-corrected chi connectivity index (χ2v) is 5.99. The third kappa shape index (κ3) is 3.34. The molecule has 0 spiro atoms. The van der Waals surface area contributed by atoms with Crippen LogP contribution in [0, 0.1) is 5.82 Å². The second-order valence-electron chi connectivity index (χ2n) is 5.99. The number of benzene rings is 1. The zero-order chi connectivity index (χ0) is 18.8. The SMILES string of the molecule is NC(=O)[C@H](Cc1cnc[nH]1)Nc1cc(-c2ccccc2F)nc2ccnn12. The predicted molar refractivity (Wildman–Crippen MR) is 97.3 cm³/mol. The number of carbonyl (C=O) groups is 1. The molecule has 4 aromatic rings. The van der Waals surface area contributed by atoms with Crippen molar-refractivity contribution in [2.24, 2.45) is 5.73 Å². The van der Waals surface area contributed by atoms with Gasteiger partial charge in [0, 0.05) is 36.0 Å². The average Bonchev–Trinajstić information content (AvgIpc) is 3.32. The van der Waals surface area contributed by atoms with Gasteiger partial charge in [-0.2, -0.15) is 9.61 Å². The summed E-state index contributed by atoms with van der Waals surface area (Å²) in [7, 11) is 0. The molecule has 0 unspecified atom stereocenters. The van der Waals surface area contributed by atoms with Gasteiger partial charge in [-0.1, -0.05) is 12.1 Å². The number of fused-ring (bicyclic) bond motifs is 1. The van der Waals surface area contributed by atoms with Gasteiger partial charge in [0.15, 0.2) is 5.65 Å². The van der Waals surface area contributed by atoms with Gasteiger partial charge in [-0.15, -0.1) is 0 Å². The van der Waals surface area contributed by atoms with E-state index >= 15 is 0 Å². The Kier molecular flexibility index (Phi) is 4.25. The van der Waals surface area contributed by atoms with Crippen LogP contribution in [-0.4, -0.2) is 36.5 Å². The molecule has 3 heterocycles. The molecule has 3 aromatic heterocycles. The number of carbonyl (C=O) groups excluding carboxylic acids is 1. The van der Waals surface area contributed by atoms with E-state index in [1.54, 1.807) is 42.7 Å². The van der Waals surface area contributed by atoms with Crippen LogP contribution in [0.4, 0.5) is 10.2 Å². The molecule has 0 aliphatic carbocycles. The van der Waals surface area contributed by atoms with Crippen LogP contribution in [0.3, 0.4) is 0 Å². The summed E-state index contributed by atoms with van der Waals surface area (Å²) in [4.78, 5) is 23.3. The third-order valence-corrected chi connectivity index (χ3v) is 4.15. The summed E-state index contributed by atoms with van der Waals surface area (Å²) in [5.74, 6) is -0.440. The van der Waals surface area contributed by atoms with Gasteiger partial charge in [0.05, 0.1) is 18.2 Å². The van der Waals surface area contributed by atoms with Gasteiger partial charge in [-0.05, 0) is 12.1 Å². The average molecular weight is 365 g/mol. The van der Waals surface area contributed by atoms with Crippen molar-refractivity contribution < 1.29 is 9.18 Å². The first-order valence-electron chi connectivity index (χ1n) is 8.24. The Morgan fingerprint density at radius 1 is 1.33 bits per heavy atom. The molecule has 0 saturated carbocycles. The Hall–Kier alpha value is -3.75. The van der Waals surface area contributed by atoms with Crippen molar-refractivity contribution in [2.75, 3.05) is 5.32 Å². The Bertz CT molecular complexity index is 1090. The van der Waals surface area contributed by atoms with Crippen LogP contribution in [0.25, 0.3) is 16.9 Å². The summed E-state index contributed by atoms with van der Waals surface area (Å²) in [5.41, 5.74) is 7.60. The number of nitrogens with two attached hydrogens (primary N) is 1. The first kappa shape index (κ1) is 16.7. The highest BCUT2D eigenvalue weighted by molar-refractivity contribution is 5.83. The van der Waals surface area contributed by atoms with E-state index in [1.807, 2.05) is 0 Å². The lowest BCUT2D eigenvalue weighted by molar-refractivity contribution is -0.118. The molecule has 0 saturated heterocycles. The fraction of sp³-hybridized carbons (Fsp3) is 0.111. The lowest BCUT2D eigenvalue weighted by atomic mass is 10.1. The number of H-pyrrole nitrogens is 1. The van der Waals surface area contributed by atoms with Gasteiger partial charge in [0.1, 0.15) is 17.7 Å². The lowest BCUT2D eigenvalue weighted by Crippen LogP contribution is -2.38. The highest BCUT2D eigenvalue weighted by Crippen LogP contribution is 2.25. The number of halogens is 1. The van der Waals surface area contributed by atoms with Gasteiger partial charge in [-0.3, -0.25) is 4.79 Å². The smallest absolute Gasteiger partial charge is 0.240 e. The molecule has 0 fully saturated rings. The van der Waals surface area contributed by atoms with Crippen molar-refractivity contribution in [3.05, 3.63) is 66.6 Å². The number of primary amides is 1. The van der Waals surface area contributed by atoms with E-state index in [9.17, 15) is 9.18 Å². The van der Waals surface area contributed by atoms with E-state index in [2.05, 4.69) is 25.4 Å². The largest absolute Gasteiger partial charge is 0.368 e. The van der Waals surface area contributed by atoms with Crippen molar-refractivity contribution >= 4 is 17.4 Å². The van der Waals surface area contributed by atoms with E-state index in [-0.39, 0.29) is 5.82 Å². The molecule has 4 N–H and O–H groups in total. The molecule has 1 amide bonds. The number of hydrogen-bond donors (Lipinski definition) is 3. The molecule has 27 heavy (non-hydrogen) atoms. The quantitative estimate of drug-likeness (QED) is 0.482. The minimum atomic E-state index is -0.714. The summed E-state index contributed by atoms with van der Waals surface area (Å²) in [5, 5.41) is 7.30. The summed E-state index contributed by atoms with van der Waals surface area (Å²) in [6.45, 7) is 0. The highest BCUT2D eigenvalue weighted by atomic mass is 19.1. The summed E-state index contributed by atoms with van der Waals surface area (Å²) in [6, 6.07) is 8.99. The molecule has 1 aromatic carbocycles. The molecule has 136 valence electrons. The number of nitrogens with one attached hydrogen (secondary N) is 2. The molecule has 0 bridgehead atoms. The van der Waals surface area contributed by atoms with E-state index in [1.165, 1.54) is 16.9 Å². The highest BCUT2D eigenvalue weighted by Gasteiger charge is 2.19. The van der Waals surface area contributed by atoms with E-state index in [0.29, 0.717) is 29.1 Å². The standard InChI is InChI=1S/C18H16FN7O/c19-13-4-2-1-3-12(13)14-8-17(26-16(24-14)5-6-23-26)25-15(18(20)27)7-11-9-21-10-22-11/h1-6,8-10,15,25H,7H2,(H2,20,27)(H,21,22)/t15-/m0/s1. The van der Waals surface area contributed by atoms with Gasteiger partial charge >= 0.3 is 0 Å². The third-order valence-electron chi connectivity index (χ3n) is 4.15. The van der Waals surface area contributed by atoms with Crippen molar-refractivity contribution in [3.8, 4) is 11.3 Å². The Labute approximate surface area is 153 Å². The molecule has 0 aliphatic rings. The molecule has 9 heteroatoms. The maximum absolute atomic E-state index is 14.2. The number of anilines is 1. The first-order chi connectivity index (χ1) is 13.1. The van der Waals surface area contributed by atoms with Crippen LogP contribution in [0.15, 0.2) is 55.1 Å². The van der Waals surface area contributed by atoms with Crippen LogP contribution in [0.5, 0.6) is 0 Å². The fourth-order valence-corrected chi connectivity index (χ4v) is 2.84. The number of aromatic amines is 1. The van der Waals surface area contributed by atoms with Crippen LogP contribution in [0.1, 0.15) is 5.69 Å². The molecular formula is C18H16FN7O. The molecular weight excluding hydrogens is 349 g/mol. The number of nitrogens with zero attached hydrogens (tertiary/aromatic N) is 4. The first-order valence-corrected chi connectivity index (χ1v) is 8.24. The molecule has 8 nitrogen and oxygen atoms in total. The van der Waals surface area contributed by atoms with Gasteiger partial charge in [0.25, 0.3) is 0 Å². The number of imidazole rings is 1. The van der Waals surface area contributed by atoms with Crippen molar-refractivity contribution in [1.29, 1.82) is 0 Å². The van der Waals surface area contributed by atoms with Gasteiger partial charge in [-0.25, -0.2) is 14.4 Å². The van der Waals surface area contributed by atoms with Crippen molar-refractivity contribution in [3.63, 3.8) is 0 Å². The van der Waals surface area contributed by atoms with Crippen molar-refractivity contribution in [1.82, 2.24) is 24.6 Å². The topological polar surface area (TPSA) is 114 Å². The minimum Gasteiger partial charge on any atom is -0.368 e. The van der Waals surface area contributed by atoms with Crippen LogP contribution in [0.2, 0.25) is 0 Å². The van der Waals surface area contributed by atoms with Crippen LogP contribution >= 0.6 is 0 Å². The molecule has 0 radical (unpaired) electrons. The predicted octanol–water partition coefficient (Wildman–Crippen LogP) is 1.77. The summed E-state index contributed by atoms with van der Waals surface area (Å²) in [6.07, 6.45) is 5.04. The Balaban J connectivity index is 1.75. The number of hydrogen-bond acceptors (Lipinski definition) is 5. The maximum atomic E-state index is 14.2. The fourth-order valence-electron chi connectivity index (χ4n) is 2.84.